The van der Waals surface area contributed by atoms with Crippen LogP contribution in [-0.2, 0) is 6.54 Å². The Morgan fingerprint density at radius 2 is 1.86 bits per heavy atom. The van der Waals surface area contributed by atoms with Gasteiger partial charge in [0.05, 0.1) is 24.5 Å². The number of H-pyrrole nitrogens is 1. The Kier molecular flexibility index (Phi) is 2.78. The first kappa shape index (κ1) is 11.9. The van der Waals surface area contributed by atoms with Crippen molar-refractivity contribution in [3.8, 4) is 11.1 Å². The zero-order valence-corrected chi connectivity index (χ0v) is 11.4. The quantitative estimate of drug-likeness (QED) is 0.621. The van der Waals surface area contributed by atoms with Crippen molar-refractivity contribution in [2.75, 3.05) is 0 Å². The average molecular weight is 274 g/mol. The normalized spacial score (nSPS) is 11.0. The fraction of sp³-hybridized carbons (Fsp3) is 0.0588. The second-order valence-corrected chi connectivity index (χ2v) is 5.08. The molecule has 4 rings (SSSR count). The lowest BCUT2D eigenvalue weighted by molar-refractivity contribution is 0.687. The van der Waals surface area contributed by atoms with Crippen LogP contribution in [0.4, 0.5) is 0 Å². The van der Waals surface area contributed by atoms with Crippen LogP contribution < -0.4 is 0 Å². The minimum absolute atomic E-state index is 0.787. The molecule has 0 amide bonds. The molecule has 2 heterocycles. The van der Waals surface area contributed by atoms with Crippen molar-refractivity contribution in [2.45, 2.75) is 6.54 Å². The Labute approximate surface area is 122 Å². The van der Waals surface area contributed by atoms with Crippen molar-refractivity contribution in [1.29, 1.82) is 0 Å². The molecule has 1 N–H and O–H groups in total. The fourth-order valence-electron chi connectivity index (χ4n) is 2.49. The first-order chi connectivity index (χ1) is 10.4. The van der Waals surface area contributed by atoms with Gasteiger partial charge in [-0.1, -0.05) is 36.4 Å². The van der Waals surface area contributed by atoms with Crippen LogP contribution in [0.3, 0.4) is 0 Å². The number of rotatable bonds is 3. The lowest BCUT2D eigenvalue weighted by atomic mass is 10.1. The van der Waals surface area contributed by atoms with Crippen LogP contribution in [0.15, 0.2) is 67.1 Å². The van der Waals surface area contributed by atoms with E-state index in [1.165, 1.54) is 5.56 Å². The summed E-state index contributed by atoms with van der Waals surface area (Å²) in [6.45, 7) is 0.787. The molecule has 4 aromatic rings. The average Bonchev–Trinajstić information content (AvgIpc) is 3.16. The maximum atomic E-state index is 4.45. The third kappa shape index (κ3) is 2.31. The lowest BCUT2D eigenvalue weighted by Crippen LogP contribution is -1.99. The summed E-state index contributed by atoms with van der Waals surface area (Å²) in [6, 6.07) is 16.6. The molecular formula is C17H14N4. The summed E-state index contributed by atoms with van der Waals surface area (Å²) >= 11 is 0. The van der Waals surface area contributed by atoms with Crippen molar-refractivity contribution in [2.24, 2.45) is 0 Å². The molecule has 0 fully saturated rings. The first-order valence-electron chi connectivity index (χ1n) is 6.88. The molecule has 102 valence electrons. The highest BCUT2D eigenvalue weighted by Gasteiger charge is 2.04. The summed E-state index contributed by atoms with van der Waals surface area (Å²) in [5.41, 5.74) is 4.57. The summed E-state index contributed by atoms with van der Waals surface area (Å²) in [7, 11) is 0. The van der Waals surface area contributed by atoms with E-state index < -0.39 is 0 Å². The summed E-state index contributed by atoms with van der Waals surface area (Å²) in [6.07, 6.45) is 5.83. The predicted molar refractivity (Wildman–Crippen MR) is 82.9 cm³/mol. The van der Waals surface area contributed by atoms with E-state index in [1.54, 1.807) is 0 Å². The third-order valence-corrected chi connectivity index (χ3v) is 3.59. The predicted octanol–water partition coefficient (Wildman–Crippen LogP) is 3.47. The van der Waals surface area contributed by atoms with Gasteiger partial charge in [0.1, 0.15) is 0 Å². The Balaban J connectivity index is 1.64. The van der Waals surface area contributed by atoms with E-state index in [0.29, 0.717) is 0 Å². The van der Waals surface area contributed by atoms with Crippen molar-refractivity contribution in [1.82, 2.24) is 20.0 Å². The van der Waals surface area contributed by atoms with Gasteiger partial charge in [-0.3, -0.25) is 9.78 Å². The minimum atomic E-state index is 0.787. The van der Waals surface area contributed by atoms with Gasteiger partial charge in [-0.05, 0) is 23.3 Å². The molecule has 21 heavy (non-hydrogen) atoms. The maximum Gasteiger partial charge on any atom is 0.0659 e. The number of nitrogens with zero attached hydrogens (tertiary/aromatic N) is 3. The Bertz CT molecular complexity index is 874. The molecule has 4 nitrogen and oxygen atoms in total. The molecule has 0 saturated heterocycles. The number of fused-ring (bicyclic) bond motifs is 1. The van der Waals surface area contributed by atoms with E-state index >= 15 is 0 Å². The van der Waals surface area contributed by atoms with Gasteiger partial charge in [0.2, 0.25) is 0 Å². The molecule has 2 aromatic heterocycles. The van der Waals surface area contributed by atoms with Crippen LogP contribution in [0.5, 0.6) is 0 Å². The molecule has 0 spiro atoms. The summed E-state index contributed by atoms with van der Waals surface area (Å²) in [4.78, 5) is 0. The zero-order chi connectivity index (χ0) is 14.1. The van der Waals surface area contributed by atoms with E-state index in [9.17, 15) is 0 Å². The largest absolute Gasteiger partial charge is 0.278 e. The number of nitrogens with one attached hydrogen (secondary N) is 1. The van der Waals surface area contributed by atoms with Crippen LogP contribution in [0, 0.1) is 0 Å². The maximum absolute atomic E-state index is 4.45. The zero-order valence-electron chi connectivity index (χ0n) is 11.4. The Hall–Kier alpha value is -2.88. The van der Waals surface area contributed by atoms with Crippen LogP contribution >= 0.6 is 0 Å². The highest BCUT2D eigenvalue weighted by Crippen LogP contribution is 2.23. The molecule has 0 aliphatic carbocycles. The number of benzene rings is 2. The van der Waals surface area contributed by atoms with Crippen LogP contribution in [0.2, 0.25) is 0 Å². The van der Waals surface area contributed by atoms with Crippen molar-refractivity contribution in [3.63, 3.8) is 0 Å². The molecule has 2 aromatic carbocycles. The second kappa shape index (κ2) is 4.90. The van der Waals surface area contributed by atoms with Crippen LogP contribution in [0.1, 0.15) is 5.56 Å². The first-order valence-corrected chi connectivity index (χ1v) is 6.88. The van der Waals surface area contributed by atoms with E-state index in [1.807, 2.05) is 41.3 Å². The SMILES string of the molecule is c1ccc(Cn2cc(-c3ccc4[nH]ncc4c3)cn2)cc1. The monoisotopic (exact) mass is 274 g/mol. The Morgan fingerprint density at radius 1 is 0.952 bits per heavy atom. The van der Waals surface area contributed by atoms with Crippen molar-refractivity contribution >= 4 is 10.9 Å². The van der Waals surface area contributed by atoms with Gasteiger partial charge in [0.15, 0.2) is 0 Å². The highest BCUT2D eigenvalue weighted by atomic mass is 15.3. The number of aromatic nitrogens is 4. The standard InChI is InChI=1S/C17H14N4/c1-2-4-13(5-3-1)11-21-12-16(10-19-21)14-6-7-17-15(8-14)9-18-20-17/h1-10,12H,11H2,(H,18,20). The van der Waals surface area contributed by atoms with Gasteiger partial charge in [-0.2, -0.15) is 10.2 Å². The van der Waals surface area contributed by atoms with Crippen molar-refractivity contribution < 1.29 is 0 Å². The van der Waals surface area contributed by atoms with Crippen molar-refractivity contribution in [3.05, 3.63) is 72.7 Å². The van der Waals surface area contributed by atoms with Gasteiger partial charge in [0.25, 0.3) is 0 Å². The van der Waals surface area contributed by atoms with Gasteiger partial charge >= 0.3 is 0 Å². The second-order valence-electron chi connectivity index (χ2n) is 5.08. The number of hydrogen-bond donors (Lipinski definition) is 1. The van der Waals surface area contributed by atoms with E-state index in [2.05, 4.69) is 45.8 Å². The highest BCUT2D eigenvalue weighted by molar-refractivity contribution is 5.83. The van der Waals surface area contributed by atoms with E-state index in [0.717, 1.165) is 28.6 Å². The molecule has 0 aliphatic rings. The molecule has 0 saturated carbocycles. The molecule has 0 unspecified atom stereocenters. The van der Waals surface area contributed by atoms with Gasteiger partial charge in [0, 0.05) is 17.1 Å². The minimum Gasteiger partial charge on any atom is -0.278 e. The molecule has 0 atom stereocenters. The lowest BCUT2D eigenvalue weighted by Gasteiger charge is -2.01. The fourth-order valence-corrected chi connectivity index (χ4v) is 2.49. The van der Waals surface area contributed by atoms with Gasteiger partial charge in [-0.25, -0.2) is 0 Å². The number of hydrogen-bond acceptors (Lipinski definition) is 2. The third-order valence-electron chi connectivity index (χ3n) is 3.59. The van der Waals surface area contributed by atoms with Crippen LogP contribution in [-0.4, -0.2) is 20.0 Å². The van der Waals surface area contributed by atoms with Gasteiger partial charge in [-0.15, -0.1) is 0 Å². The van der Waals surface area contributed by atoms with E-state index in [4.69, 9.17) is 0 Å². The summed E-state index contributed by atoms with van der Waals surface area (Å²) in [5, 5.41) is 12.6. The Morgan fingerprint density at radius 3 is 2.76 bits per heavy atom. The topological polar surface area (TPSA) is 46.5 Å². The van der Waals surface area contributed by atoms with Crippen LogP contribution in [0.25, 0.3) is 22.0 Å². The number of aromatic amines is 1. The molecule has 0 bridgehead atoms. The molecule has 0 radical (unpaired) electrons. The van der Waals surface area contributed by atoms with E-state index in [-0.39, 0.29) is 0 Å². The van der Waals surface area contributed by atoms with Gasteiger partial charge < -0.3 is 0 Å². The molecule has 4 heteroatoms. The summed E-state index contributed by atoms with van der Waals surface area (Å²) < 4.78 is 1.96. The summed E-state index contributed by atoms with van der Waals surface area (Å²) in [5.74, 6) is 0. The molecule has 0 aliphatic heterocycles. The smallest absolute Gasteiger partial charge is 0.0659 e. The molecular weight excluding hydrogens is 260 g/mol.